The van der Waals surface area contributed by atoms with Gasteiger partial charge in [0.05, 0.1) is 11.5 Å². The second-order valence-corrected chi connectivity index (χ2v) is 7.16. The maximum Gasteiger partial charge on any atom is 0.296 e. The van der Waals surface area contributed by atoms with Crippen LogP contribution in [0, 0.1) is 6.92 Å². The van der Waals surface area contributed by atoms with E-state index in [4.69, 9.17) is 4.18 Å². The lowest BCUT2D eigenvalue weighted by atomic mass is 10.2. The van der Waals surface area contributed by atoms with E-state index in [0.717, 1.165) is 25.2 Å². The molecule has 6 heteroatoms. The highest BCUT2D eigenvalue weighted by molar-refractivity contribution is 7.86. The summed E-state index contributed by atoms with van der Waals surface area (Å²) in [6, 6.07) is 6.69. The third-order valence-electron chi connectivity index (χ3n) is 3.16. The number of rotatable bonds is 9. The van der Waals surface area contributed by atoms with Crippen molar-refractivity contribution in [3.05, 3.63) is 29.8 Å². The van der Waals surface area contributed by atoms with Crippen molar-refractivity contribution in [3.63, 3.8) is 0 Å². The zero-order chi connectivity index (χ0) is 15.9. The van der Waals surface area contributed by atoms with Crippen molar-refractivity contribution in [2.45, 2.75) is 18.2 Å². The van der Waals surface area contributed by atoms with Crippen LogP contribution in [-0.4, -0.2) is 65.6 Å². The van der Waals surface area contributed by atoms with E-state index in [1.165, 1.54) is 0 Å². The minimum absolute atomic E-state index is 0.211. The minimum atomic E-state index is -3.63. The van der Waals surface area contributed by atoms with E-state index in [9.17, 15) is 8.42 Å². The average Bonchev–Trinajstić information content (AvgIpc) is 2.42. The Bertz CT molecular complexity index is 512. The highest BCUT2D eigenvalue weighted by Gasteiger charge is 2.14. The van der Waals surface area contributed by atoms with Crippen molar-refractivity contribution < 1.29 is 12.6 Å². The van der Waals surface area contributed by atoms with E-state index in [2.05, 4.69) is 9.80 Å². The summed E-state index contributed by atoms with van der Waals surface area (Å²) in [4.78, 5) is 4.51. The Labute approximate surface area is 128 Å². The van der Waals surface area contributed by atoms with E-state index in [0.29, 0.717) is 6.42 Å². The molecule has 1 rings (SSSR count). The Morgan fingerprint density at radius 2 is 1.62 bits per heavy atom. The molecule has 0 aliphatic rings. The molecule has 1 aromatic rings. The Morgan fingerprint density at radius 3 is 2.19 bits per heavy atom. The Kier molecular flexibility index (Phi) is 7.31. The zero-order valence-corrected chi connectivity index (χ0v) is 14.2. The average molecular weight is 314 g/mol. The Balaban J connectivity index is 2.33. The van der Waals surface area contributed by atoms with Gasteiger partial charge in [-0.1, -0.05) is 17.7 Å². The highest BCUT2D eigenvalue weighted by atomic mass is 32.2. The highest BCUT2D eigenvalue weighted by Crippen LogP contribution is 2.13. The Morgan fingerprint density at radius 1 is 1.00 bits per heavy atom. The van der Waals surface area contributed by atoms with E-state index in [-0.39, 0.29) is 11.5 Å². The number of nitrogens with zero attached hydrogens (tertiary/aromatic N) is 2. The van der Waals surface area contributed by atoms with Crippen LogP contribution in [0.15, 0.2) is 29.2 Å². The molecule has 0 saturated carbocycles. The van der Waals surface area contributed by atoms with Crippen LogP contribution >= 0.6 is 0 Å². The maximum atomic E-state index is 12.0. The van der Waals surface area contributed by atoms with Gasteiger partial charge >= 0.3 is 0 Å². The van der Waals surface area contributed by atoms with E-state index < -0.39 is 10.1 Å². The van der Waals surface area contributed by atoms with Crippen molar-refractivity contribution in [2.24, 2.45) is 0 Å². The first-order chi connectivity index (χ1) is 9.81. The fourth-order valence-electron chi connectivity index (χ4n) is 1.76. The molecule has 0 radical (unpaired) electrons. The molecule has 21 heavy (non-hydrogen) atoms. The predicted molar refractivity (Wildman–Crippen MR) is 85.0 cm³/mol. The minimum Gasteiger partial charge on any atom is -0.308 e. The molecule has 0 unspecified atom stereocenters. The summed E-state index contributed by atoms with van der Waals surface area (Å²) < 4.78 is 29.0. The molecular formula is C15H26N2O3S. The lowest BCUT2D eigenvalue weighted by Crippen LogP contribution is -2.29. The van der Waals surface area contributed by atoms with Crippen molar-refractivity contribution in [1.82, 2.24) is 9.80 Å². The molecule has 0 aromatic heterocycles. The molecule has 0 atom stereocenters. The largest absolute Gasteiger partial charge is 0.308 e. The van der Waals surface area contributed by atoms with E-state index >= 15 is 0 Å². The predicted octanol–water partition coefficient (Wildman–Crippen LogP) is 1.58. The van der Waals surface area contributed by atoms with Crippen molar-refractivity contribution in [1.29, 1.82) is 0 Å². The molecule has 0 amide bonds. The quantitative estimate of drug-likeness (QED) is 0.512. The number of aryl methyl sites for hydroxylation is 1. The van der Waals surface area contributed by atoms with Crippen LogP contribution in [-0.2, 0) is 14.3 Å². The molecule has 0 aliphatic carbocycles. The number of likely N-dealkylation sites (N-methyl/N-ethyl adjacent to an activating group) is 2. The number of hydrogen-bond acceptors (Lipinski definition) is 5. The summed E-state index contributed by atoms with van der Waals surface area (Å²) in [6.07, 6.45) is 0.690. The first-order valence-corrected chi connectivity index (χ1v) is 8.51. The number of benzene rings is 1. The van der Waals surface area contributed by atoms with Gasteiger partial charge in [0.25, 0.3) is 10.1 Å². The summed E-state index contributed by atoms with van der Waals surface area (Å²) in [7, 11) is 2.46. The molecule has 1 aromatic carbocycles. The van der Waals surface area contributed by atoms with E-state index in [1.807, 2.05) is 28.1 Å². The van der Waals surface area contributed by atoms with Crippen LogP contribution in [0.5, 0.6) is 0 Å². The first-order valence-electron chi connectivity index (χ1n) is 7.10. The fraction of sp³-hybridized carbons (Fsp3) is 0.600. The molecule has 0 aliphatic heterocycles. The van der Waals surface area contributed by atoms with Crippen LogP contribution in [0.1, 0.15) is 12.0 Å². The van der Waals surface area contributed by atoms with Gasteiger partial charge < -0.3 is 9.80 Å². The fourth-order valence-corrected chi connectivity index (χ4v) is 2.70. The maximum absolute atomic E-state index is 12.0. The van der Waals surface area contributed by atoms with Crippen LogP contribution < -0.4 is 0 Å². The molecule has 120 valence electrons. The monoisotopic (exact) mass is 314 g/mol. The molecule has 0 saturated heterocycles. The summed E-state index contributed by atoms with van der Waals surface area (Å²) >= 11 is 0. The number of hydrogen-bond donors (Lipinski definition) is 0. The van der Waals surface area contributed by atoms with Gasteiger partial charge in [0.15, 0.2) is 0 Å². The van der Waals surface area contributed by atoms with Crippen molar-refractivity contribution in [2.75, 3.05) is 47.4 Å². The van der Waals surface area contributed by atoms with Crippen LogP contribution in [0.2, 0.25) is 0 Å². The van der Waals surface area contributed by atoms with Gasteiger partial charge in [0.2, 0.25) is 0 Å². The smallest absolute Gasteiger partial charge is 0.296 e. The molecule has 5 nitrogen and oxygen atoms in total. The molecular weight excluding hydrogens is 288 g/mol. The van der Waals surface area contributed by atoms with Gasteiger partial charge in [0, 0.05) is 19.6 Å². The van der Waals surface area contributed by atoms with Gasteiger partial charge in [0.1, 0.15) is 0 Å². The van der Waals surface area contributed by atoms with Gasteiger partial charge in [-0.3, -0.25) is 4.18 Å². The third kappa shape index (κ3) is 7.04. The summed E-state index contributed by atoms with van der Waals surface area (Å²) in [5.74, 6) is 0. The van der Waals surface area contributed by atoms with Crippen molar-refractivity contribution >= 4 is 10.1 Å². The Hall–Kier alpha value is -0.950. The third-order valence-corrected chi connectivity index (χ3v) is 4.49. The second kappa shape index (κ2) is 8.48. The summed E-state index contributed by atoms with van der Waals surface area (Å²) in [6.45, 7) is 4.89. The lowest BCUT2D eigenvalue weighted by molar-refractivity contribution is 0.247. The molecule has 0 bridgehead atoms. The van der Waals surface area contributed by atoms with Crippen molar-refractivity contribution in [3.8, 4) is 0 Å². The topological polar surface area (TPSA) is 49.9 Å². The molecule has 0 fully saturated rings. The summed E-state index contributed by atoms with van der Waals surface area (Å²) in [5.41, 5.74) is 1.02. The molecule has 0 spiro atoms. The van der Waals surface area contributed by atoms with Crippen LogP contribution in [0.3, 0.4) is 0 Å². The van der Waals surface area contributed by atoms with E-state index in [1.54, 1.807) is 24.3 Å². The molecule has 0 heterocycles. The zero-order valence-electron chi connectivity index (χ0n) is 13.4. The molecule has 0 N–H and O–H groups in total. The van der Waals surface area contributed by atoms with Gasteiger partial charge in [-0.05, 0) is 46.6 Å². The second-order valence-electron chi connectivity index (χ2n) is 5.55. The standard InChI is InChI=1S/C15H26N2O3S/c1-14-6-8-15(9-7-14)21(18,19)20-13-5-10-17(4)12-11-16(2)3/h6-9H,5,10-13H2,1-4H3. The normalized spacial score (nSPS) is 12.3. The van der Waals surface area contributed by atoms with Crippen LogP contribution in [0.4, 0.5) is 0 Å². The first kappa shape index (κ1) is 18.1. The SMILES string of the molecule is Cc1ccc(S(=O)(=O)OCCCN(C)CCN(C)C)cc1. The van der Waals surface area contributed by atoms with Gasteiger partial charge in [-0.25, -0.2) is 0 Å². The van der Waals surface area contributed by atoms with Gasteiger partial charge in [-0.2, -0.15) is 8.42 Å². The lowest BCUT2D eigenvalue weighted by Gasteiger charge is -2.19. The summed E-state index contributed by atoms with van der Waals surface area (Å²) in [5, 5.41) is 0. The van der Waals surface area contributed by atoms with Gasteiger partial charge in [-0.15, -0.1) is 0 Å². The van der Waals surface area contributed by atoms with Crippen LogP contribution in [0.25, 0.3) is 0 Å².